The van der Waals surface area contributed by atoms with E-state index in [1.54, 1.807) is 29.2 Å². The van der Waals surface area contributed by atoms with Gasteiger partial charge in [0.15, 0.2) is 17.2 Å². The summed E-state index contributed by atoms with van der Waals surface area (Å²) in [5, 5.41) is 5.46. The molecule has 0 saturated carbocycles. The van der Waals surface area contributed by atoms with E-state index >= 15 is 0 Å². The molecule has 0 radical (unpaired) electrons. The molecule has 10 heteroatoms. The van der Waals surface area contributed by atoms with Crippen LogP contribution in [0, 0.1) is 11.6 Å². The normalized spacial score (nSPS) is 17.8. The van der Waals surface area contributed by atoms with Crippen LogP contribution in [-0.2, 0) is 4.79 Å². The number of ether oxygens (including phenoxy) is 1. The van der Waals surface area contributed by atoms with Crippen molar-refractivity contribution in [1.29, 1.82) is 0 Å². The fourth-order valence-corrected chi connectivity index (χ4v) is 4.53. The number of aromatic nitrogens is 4. The Kier molecular flexibility index (Phi) is 6.09. The number of nitrogens with zero attached hydrogens (tertiary/aromatic N) is 5. The van der Waals surface area contributed by atoms with Crippen LogP contribution in [0.1, 0.15) is 25.8 Å². The molecule has 0 unspecified atom stereocenters. The first-order chi connectivity index (χ1) is 17.4. The zero-order valence-corrected chi connectivity index (χ0v) is 19.6. The number of piperidine rings is 1. The number of benzene rings is 2. The van der Waals surface area contributed by atoms with Crippen molar-refractivity contribution < 1.29 is 18.3 Å². The van der Waals surface area contributed by atoms with E-state index in [4.69, 9.17) is 15.6 Å². The van der Waals surface area contributed by atoms with Crippen LogP contribution in [0.15, 0.2) is 61.4 Å². The lowest BCUT2D eigenvalue weighted by Gasteiger charge is -2.37. The van der Waals surface area contributed by atoms with Gasteiger partial charge in [-0.05, 0) is 62.2 Å². The van der Waals surface area contributed by atoms with Gasteiger partial charge in [0.2, 0.25) is 5.91 Å². The summed E-state index contributed by atoms with van der Waals surface area (Å²) < 4.78 is 34.5. The molecule has 184 valence electrons. The molecular weight excluding hydrogens is 466 g/mol. The summed E-state index contributed by atoms with van der Waals surface area (Å²) >= 11 is 0. The molecule has 1 aliphatic heterocycles. The Morgan fingerprint density at radius 3 is 2.67 bits per heavy atom. The predicted octanol–water partition coefficient (Wildman–Crippen LogP) is 4.88. The Bertz CT molecular complexity index is 1450. The molecule has 0 bridgehead atoms. The number of hydrogen-bond acceptors (Lipinski definition) is 6. The highest BCUT2D eigenvalue weighted by atomic mass is 19.1. The van der Waals surface area contributed by atoms with Gasteiger partial charge in [0, 0.05) is 24.2 Å². The number of likely N-dealkylation sites (tertiary alicyclic amines) is 1. The van der Waals surface area contributed by atoms with Crippen molar-refractivity contribution in [3.63, 3.8) is 0 Å². The molecule has 0 spiro atoms. The molecule has 1 aliphatic rings. The average molecular weight is 491 g/mol. The van der Waals surface area contributed by atoms with Gasteiger partial charge in [-0.15, -0.1) is 0 Å². The zero-order chi connectivity index (χ0) is 25.4. The first kappa shape index (κ1) is 23.4. The van der Waals surface area contributed by atoms with Crippen LogP contribution >= 0.6 is 0 Å². The molecule has 2 aromatic heterocycles. The smallest absolute Gasteiger partial charge is 0.246 e. The summed E-state index contributed by atoms with van der Waals surface area (Å²) in [6.07, 6.45) is 4.35. The number of halogens is 2. The van der Waals surface area contributed by atoms with Gasteiger partial charge in [-0.3, -0.25) is 4.79 Å². The molecule has 2 N–H and O–H groups in total. The second-order valence-corrected chi connectivity index (χ2v) is 8.73. The highest BCUT2D eigenvalue weighted by Crippen LogP contribution is 2.36. The van der Waals surface area contributed by atoms with Crippen molar-refractivity contribution in [2.75, 3.05) is 12.3 Å². The molecule has 5 rings (SSSR count). The zero-order valence-electron chi connectivity index (χ0n) is 19.6. The van der Waals surface area contributed by atoms with Crippen LogP contribution in [0.5, 0.6) is 11.5 Å². The van der Waals surface area contributed by atoms with Gasteiger partial charge >= 0.3 is 0 Å². The van der Waals surface area contributed by atoms with E-state index in [1.165, 1.54) is 18.5 Å². The first-order valence-corrected chi connectivity index (χ1v) is 11.5. The monoisotopic (exact) mass is 490 g/mol. The second kappa shape index (κ2) is 9.37. The second-order valence-electron chi connectivity index (χ2n) is 8.73. The van der Waals surface area contributed by atoms with Crippen LogP contribution in [0.25, 0.3) is 22.3 Å². The van der Waals surface area contributed by atoms with Crippen molar-refractivity contribution in [3.8, 4) is 22.8 Å². The van der Waals surface area contributed by atoms with Crippen LogP contribution < -0.4 is 10.5 Å². The van der Waals surface area contributed by atoms with Crippen molar-refractivity contribution in [2.24, 2.45) is 0 Å². The average Bonchev–Trinajstić information content (AvgIpc) is 3.27. The quantitative estimate of drug-likeness (QED) is 0.400. The lowest BCUT2D eigenvalue weighted by Crippen LogP contribution is -2.45. The number of carbonyl (C=O) groups is 1. The molecule has 1 saturated heterocycles. The minimum Gasteiger partial charge on any atom is -0.454 e. The van der Waals surface area contributed by atoms with Crippen molar-refractivity contribution in [1.82, 2.24) is 24.6 Å². The molecule has 2 atom stereocenters. The number of nitrogens with two attached hydrogens (primary N) is 1. The number of rotatable bonds is 5. The molecule has 2 aromatic carbocycles. The number of amides is 1. The summed E-state index contributed by atoms with van der Waals surface area (Å²) in [4.78, 5) is 22.8. The maximum atomic E-state index is 14.0. The van der Waals surface area contributed by atoms with Crippen LogP contribution in [-0.4, -0.2) is 43.1 Å². The standard InChI is InChI=1S/C26H24F2N6O2/c1-3-22(35)33-13-18(8-4-15(33)2)34-26-23(25(29)30-14-31-26)24(32-34)16-5-9-19(10-6-16)36-21-11-7-17(27)12-20(21)28/h3,5-7,9-12,14-15,18H,1,4,8,13H2,2H3,(H2,29,30,31)/t15-,18+/m1/s1. The van der Waals surface area contributed by atoms with Crippen LogP contribution in [0.3, 0.4) is 0 Å². The Morgan fingerprint density at radius 2 is 1.94 bits per heavy atom. The van der Waals surface area contributed by atoms with E-state index in [0.717, 1.165) is 30.5 Å². The van der Waals surface area contributed by atoms with Gasteiger partial charge in [0.05, 0.1) is 11.4 Å². The Morgan fingerprint density at radius 1 is 1.17 bits per heavy atom. The maximum Gasteiger partial charge on any atom is 0.246 e. The third kappa shape index (κ3) is 4.26. The summed E-state index contributed by atoms with van der Waals surface area (Å²) in [7, 11) is 0. The minimum absolute atomic E-state index is 0.0818. The highest BCUT2D eigenvalue weighted by molar-refractivity contribution is 5.98. The number of carbonyl (C=O) groups excluding carboxylic acids is 1. The Labute approximate surface area is 206 Å². The number of nitrogen functional groups attached to an aromatic ring is 1. The van der Waals surface area contributed by atoms with Crippen LogP contribution in [0.2, 0.25) is 0 Å². The molecule has 4 aromatic rings. The Hall–Kier alpha value is -4.34. The van der Waals surface area contributed by atoms with E-state index < -0.39 is 11.6 Å². The van der Waals surface area contributed by atoms with Gasteiger partial charge in [-0.1, -0.05) is 6.58 Å². The molecular formula is C26H24F2N6O2. The number of hydrogen-bond donors (Lipinski definition) is 1. The highest BCUT2D eigenvalue weighted by Gasteiger charge is 2.31. The van der Waals surface area contributed by atoms with Crippen molar-refractivity contribution >= 4 is 22.8 Å². The topological polar surface area (TPSA) is 99.2 Å². The SMILES string of the molecule is C=CC(=O)N1C[C@@H](n2nc(-c3ccc(Oc4ccc(F)cc4F)cc3)c3c(N)ncnc32)CC[C@H]1C. The summed E-state index contributed by atoms with van der Waals surface area (Å²) in [5.74, 6) is -1.01. The minimum atomic E-state index is -0.792. The van der Waals surface area contributed by atoms with E-state index in [2.05, 4.69) is 16.5 Å². The van der Waals surface area contributed by atoms with Gasteiger partial charge in [0.1, 0.15) is 29.4 Å². The van der Waals surface area contributed by atoms with E-state index in [1.807, 2.05) is 11.6 Å². The summed E-state index contributed by atoms with van der Waals surface area (Å²) in [6.45, 7) is 6.11. The van der Waals surface area contributed by atoms with Gasteiger partial charge in [-0.25, -0.2) is 23.4 Å². The Balaban J connectivity index is 1.49. The van der Waals surface area contributed by atoms with Gasteiger partial charge in [-0.2, -0.15) is 5.10 Å². The van der Waals surface area contributed by atoms with E-state index in [9.17, 15) is 13.6 Å². The molecule has 1 amide bonds. The molecule has 1 fully saturated rings. The van der Waals surface area contributed by atoms with E-state index in [0.29, 0.717) is 29.0 Å². The van der Waals surface area contributed by atoms with Crippen LogP contribution in [0.4, 0.5) is 14.6 Å². The number of anilines is 1. The largest absolute Gasteiger partial charge is 0.454 e. The third-order valence-electron chi connectivity index (χ3n) is 6.43. The van der Waals surface area contributed by atoms with E-state index in [-0.39, 0.29) is 29.6 Å². The van der Waals surface area contributed by atoms with Gasteiger partial charge in [0.25, 0.3) is 0 Å². The molecule has 3 heterocycles. The fraction of sp³-hybridized carbons (Fsp3) is 0.231. The summed E-state index contributed by atoms with van der Waals surface area (Å²) in [6, 6.07) is 10.00. The molecule has 8 nitrogen and oxygen atoms in total. The number of fused-ring (bicyclic) bond motifs is 1. The summed E-state index contributed by atoms with van der Waals surface area (Å²) in [5.41, 5.74) is 8.14. The molecule has 36 heavy (non-hydrogen) atoms. The maximum absolute atomic E-state index is 14.0. The lowest BCUT2D eigenvalue weighted by atomic mass is 9.99. The fourth-order valence-electron chi connectivity index (χ4n) is 4.53. The van der Waals surface area contributed by atoms with Crippen molar-refractivity contribution in [2.45, 2.75) is 31.8 Å². The first-order valence-electron chi connectivity index (χ1n) is 11.5. The lowest BCUT2D eigenvalue weighted by molar-refractivity contribution is -0.130. The predicted molar refractivity (Wildman–Crippen MR) is 131 cm³/mol. The third-order valence-corrected chi connectivity index (χ3v) is 6.43. The van der Waals surface area contributed by atoms with Gasteiger partial charge < -0.3 is 15.4 Å². The molecule has 0 aliphatic carbocycles. The van der Waals surface area contributed by atoms with Crippen molar-refractivity contribution in [3.05, 3.63) is 73.1 Å².